The Morgan fingerprint density at radius 2 is 1.67 bits per heavy atom. The van der Waals surface area contributed by atoms with Crippen molar-refractivity contribution in [3.05, 3.63) is 65.7 Å². The first-order chi connectivity index (χ1) is 9.94. The van der Waals surface area contributed by atoms with Crippen LogP contribution in [0.2, 0.25) is 0 Å². The average molecular weight is 282 g/mol. The van der Waals surface area contributed by atoms with Gasteiger partial charge >= 0.3 is 0 Å². The van der Waals surface area contributed by atoms with E-state index < -0.39 is 5.54 Å². The lowest BCUT2D eigenvalue weighted by Crippen LogP contribution is -2.36. The zero-order valence-corrected chi connectivity index (χ0v) is 12.6. The van der Waals surface area contributed by atoms with E-state index in [0.717, 1.165) is 17.7 Å². The van der Waals surface area contributed by atoms with E-state index in [0.29, 0.717) is 6.42 Å². The molecule has 2 aromatic rings. The second-order valence-electron chi connectivity index (χ2n) is 6.03. The Kier molecular flexibility index (Phi) is 4.76. The molecule has 3 heteroatoms. The zero-order chi connectivity index (χ0) is 15.3. The van der Waals surface area contributed by atoms with Gasteiger partial charge < -0.3 is 11.1 Å². The van der Waals surface area contributed by atoms with E-state index in [2.05, 4.69) is 17.4 Å². The molecule has 2 aromatic carbocycles. The summed E-state index contributed by atoms with van der Waals surface area (Å²) in [6.07, 6.45) is 1.09. The molecule has 0 saturated heterocycles. The summed E-state index contributed by atoms with van der Waals surface area (Å²) in [7, 11) is 0. The van der Waals surface area contributed by atoms with Crippen molar-refractivity contribution in [2.24, 2.45) is 5.73 Å². The molecule has 0 fully saturated rings. The van der Waals surface area contributed by atoms with Crippen LogP contribution in [0.1, 0.15) is 31.4 Å². The maximum absolute atomic E-state index is 12.0. The van der Waals surface area contributed by atoms with E-state index in [1.165, 1.54) is 5.56 Å². The number of carbonyl (C=O) groups excluding carboxylic acids is 1. The molecule has 0 heterocycles. The minimum Gasteiger partial charge on any atom is -0.326 e. The Morgan fingerprint density at radius 3 is 2.33 bits per heavy atom. The number of anilines is 1. The van der Waals surface area contributed by atoms with Gasteiger partial charge in [0.05, 0.1) is 0 Å². The summed E-state index contributed by atoms with van der Waals surface area (Å²) >= 11 is 0. The van der Waals surface area contributed by atoms with Gasteiger partial charge in [-0.05, 0) is 37.5 Å². The molecule has 0 radical (unpaired) electrons. The number of nitrogens with one attached hydrogen (secondary N) is 1. The molecule has 1 amide bonds. The molecular weight excluding hydrogens is 260 g/mol. The van der Waals surface area contributed by atoms with Crippen molar-refractivity contribution in [3.8, 4) is 0 Å². The van der Waals surface area contributed by atoms with Gasteiger partial charge in [0.1, 0.15) is 0 Å². The van der Waals surface area contributed by atoms with Crippen LogP contribution in [0, 0.1) is 0 Å². The number of rotatable bonds is 5. The molecule has 3 N–H and O–H groups in total. The summed E-state index contributed by atoms with van der Waals surface area (Å²) < 4.78 is 0. The summed E-state index contributed by atoms with van der Waals surface area (Å²) in [6.45, 7) is 3.70. The minimum absolute atomic E-state index is 0.0528. The monoisotopic (exact) mass is 282 g/mol. The van der Waals surface area contributed by atoms with E-state index in [9.17, 15) is 4.79 Å². The number of hydrogen-bond donors (Lipinski definition) is 2. The lowest BCUT2D eigenvalue weighted by Gasteiger charge is -2.18. The van der Waals surface area contributed by atoms with Crippen molar-refractivity contribution in [2.75, 3.05) is 5.32 Å². The van der Waals surface area contributed by atoms with Gasteiger partial charge in [0.2, 0.25) is 5.91 Å². The van der Waals surface area contributed by atoms with Gasteiger partial charge in [-0.25, -0.2) is 0 Å². The molecule has 21 heavy (non-hydrogen) atoms. The molecule has 0 atom stereocenters. The molecule has 110 valence electrons. The van der Waals surface area contributed by atoms with E-state index >= 15 is 0 Å². The fourth-order valence-corrected chi connectivity index (χ4v) is 2.22. The van der Waals surface area contributed by atoms with Crippen LogP contribution in [0.25, 0.3) is 0 Å². The SMILES string of the molecule is CC(C)(N)CC(=O)Nc1ccccc1Cc1ccccc1. The third-order valence-corrected chi connectivity index (χ3v) is 3.15. The molecule has 0 bridgehead atoms. The van der Waals surface area contributed by atoms with Crippen LogP contribution in [0.3, 0.4) is 0 Å². The summed E-state index contributed by atoms with van der Waals surface area (Å²) in [5.41, 5.74) is 8.57. The van der Waals surface area contributed by atoms with Crippen LogP contribution in [0.15, 0.2) is 54.6 Å². The Balaban J connectivity index is 2.12. The Morgan fingerprint density at radius 1 is 1.05 bits per heavy atom. The Labute approximate surface area is 126 Å². The Hall–Kier alpha value is -2.13. The lowest BCUT2D eigenvalue weighted by atomic mass is 10.0. The first kappa shape index (κ1) is 15.3. The molecule has 0 aliphatic heterocycles. The average Bonchev–Trinajstić information content (AvgIpc) is 2.40. The summed E-state index contributed by atoms with van der Waals surface area (Å²) in [4.78, 5) is 12.0. The van der Waals surface area contributed by atoms with Crippen molar-refractivity contribution in [2.45, 2.75) is 32.2 Å². The molecule has 0 spiro atoms. The van der Waals surface area contributed by atoms with E-state index in [1.807, 2.05) is 56.3 Å². The minimum atomic E-state index is -0.502. The predicted molar refractivity (Wildman–Crippen MR) is 87.2 cm³/mol. The number of amides is 1. The van der Waals surface area contributed by atoms with Crippen LogP contribution < -0.4 is 11.1 Å². The Bertz CT molecular complexity index is 600. The highest BCUT2D eigenvalue weighted by Crippen LogP contribution is 2.20. The maximum atomic E-state index is 12.0. The molecule has 3 nitrogen and oxygen atoms in total. The zero-order valence-electron chi connectivity index (χ0n) is 12.6. The summed E-state index contributed by atoms with van der Waals surface area (Å²) in [5.74, 6) is -0.0528. The molecule has 2 rings (SSSR count). The van der Waals surface area contributed by atoms with Crippen molar-refractivity contribution in [1.82, 2.24) is 0 Å². The standard InChI is InChI=1S/C18H22N2O/c1-18(2,19)13-17(21)20-16-11-7-6-10-15(16)12-14-8-4-3-5-9-14/h3-11H,12-13,19H2,1-2H3,(H,20,21). The highest BCUT2D eigenvalue weighted by Gasteiger charge is 2.17. The number of benzene rings is 2. The molecule has 0 aliphatic rings. The van der Waals surface area contributed by atoms with Crippen LogP contribution in [0.4, 0.5) is 5.69 Å². The largest absolute Gasteiger partial charge is 0.326 e. The number of hydrogen-bond acceptors (Lipinski definition) is 2. The van der Waals surface area contributed by atoms with Crippen LogP contribution >= 0.6 is 0 Å². The van der Waals surface area contributed by atoms with Gasteiger partial charge in [0.25, 0.3) is 0 Å². The van der Waals surface area contributed by atoms with Gasteiger partial charge in [-0.1, -0.05) is 48.5 Å². The van der Waals surface area contributed by atoms with E-state index in [4.69, 9.17) is 5.73 Å². The van der Waals surface area contributed by atoms with Crippen LogP contribution in [-0.2, 0) is 11.2 Å². The van der Waals surface area contributed by atoms with E-state index in [-0.39, 0.29) is 5.91 Å². The van der Waals surface area contributed by atoms with Crippen LogP contribution in [-0.4, -0.2) is 11.4 Å². The van der Waals surface area contributed by atoms with Crippen molar-refractivity contribution < 1.29 is 4.79 Å². The topological polar surface area (TPSA) is 55.1 Å². The highest BCUT2D eigenvalue weighted by atomic mass is 16.1. The predicted octanol–water partition coefficient (Wildman–Crippen LogP) is 3.34. The van der Waals surface area contributed by atoms with E-state index in [1.54, 1.807) is 0 Å². The summed E-state index contributed by atoms with van der Waals surface area (Å²) in [5, 5.41) is 2.97. The molecule has 0 aliphatic carbocycles. The number of nitrogens with two attached hydrogens (primary N) is 1. The quantitative estimate of drug-likeness (QED) is 0.883. The highest BCUT2D eigenvalue weighted by molar-refractivity contribution is 5.92. The lowest BCUT2D eigenvalue weighted by molar-refractivity contribution is -0.117. The number of para-hydroxylation sites is 1. The van der Waals surface area contributed by atoms with Crippen molar-refractivity contribution >= 4 is 11.6 Å². The van der Waals surface area contributed by atoms with Gasteiger partial charge in [-0.2, -0.15) is 0 Å². The third-order valence-electron chi connectivity index (χ3n) is 3.15. The van der Waals surface area contributed by atoms with Gasteiger partial charge in [0.15, 0.2) is 0 Å². The maximum Gasteiger partial charge on any atom is 0.226 e. The fourth-order valence-electron chi connectivity index (χ4n) is 2.22. The van der Waals surface area contributed by atoms with Gasteiger partial charge in [-0.3, -0.25) is 4.79 Å². The first-order valence-corrected chi connectivity index (χ1v) is 7.15. The normalized spacial score (nSPS) is 11.2. The number of carbonyl (C=O) groups is 1. The molecular formula is C18H22N2O. The van der Waals surface area contributed by atoms with Gasteiger partial charge in [-0.15, -0.1) is 0 Å². The fraction of sp³-hybridized carbons (Fsp3) is 0.278. The van der Waals surface area contributed by atoms with Gasteiger partial charge in [0, 0.05) is 17.6 Å². The second-order valence-corrected chi connectivity index (χ2v) is 6.03. The molecule has 0 saturated carbocycles. The third kappa shape index (κ3) is 5.04. The summed E-state index contributed by atoms with van der Waals surface area (Å²) in [6, 6.07) is 18.1. The second kappa shape index (κ2) is 6.55. The first-order valence-electron chi connectivity index (χ1n) is 7.15. The smallest absolute Gasteiger partial charge is 0.226 e. The van der Waals surface area contributed by atoms with Crippen LogP contribution in [0.5, 0.6) is 0 Å². The molecule has 0 aromatic heterocycles. The van der Waals surface area contributed by atoms with Crippen molar-refractivity contribution in [1.29, 1.82) is 0 Å². The van der Waals surface area contributed by atoms with Crippen molar-refractivity contribution in [3.63, 3.8) is 0 Å². The molecule has 0 unspecified atom stereocenters.